The predicted octanol–water partition coefficient (Wildman–Crippen LogP) is 4.70. The molecule has 2 aromatic rings. The number of ether oxygens (including phenoxy) is 1. The second kappa shape index (κ2) is 8.37. The van der Waals surface area contributed by atoms with Gasteiger partial charge in [-0.05, 0) is 25.0 Å². The molecule has 0 spiro atoms. The SMILES string of the molecule is CC(F)(F)c1cc(C2NC3=C(CCCC3NC(=O)c3cn(C(F)(F)F)nc3C(F)(F)F)O2)ccn1. The topological polar surface area (TPSA) is 81.1 Å². The molecule has 2 atom stereocenters. The smallest absolute Gasteiger partial charge is 0.469 e. The number of nitrogens with one attached hydrogen (secondary N) is 2. The first kappa shape index (κ1) is 24.7. The van der Waals surface area contributed by atoms with Gasteiger partial charge in [-0.15, -0.1) is 13.2 Å². The van der Waals surface area contributed by atoms with E-state index in [0.29, 0.717) is 36.8 Å². The molecule has 2 unspecified atom stereocenters. The molecule has 190 valence electrons. The van der Waals surface area contributed by atoms with Gasteiger partial charge in [-0.25, -0.2) is 0 Å². The summed E-state index contributed by atoms with van der Waals surface area (Å²) in [6, 6.07) is 1.64. The third-order valence-corrected chi connectivity index (χ3v) is 5.42. The number of allylic oxidation sites excluding steroid dienone is 1. The molecule has 2 N–H and O–H groups in total. The molecule has 4 rings (SSSR count). The second-order valence-corrected chi connectivity index (χ2v) is 8.06. The van der Waals surface area contributed by atoms with Crippen molar-refractivity contribution >= 4 is 5.91 Å². The van der Waals surface area contributed by atoms with Crippen molar-refractivity contribution in [2.45, 2.75) is 56.9 Å². The van der Waals surface area contributed by atoms with Crippen molar-refractivity contribution in [3.63, 3.8) is 0 Å². The van der Waals surface area contributed by atoms with Crippen LogP contribution >= 0.6 is 0 Å². The molecule has 1 aliphatic carbocycles. The van der Waals surface area contributed by atoms with E-state index in [-0.39, 0.29) is 12.6 Å². The number of rotatable bonds is 4. The highest BCUT2D eigenvalue weighted by molar-refractivity contribution is 5.95. The van der Waals surface area contributed by atoms with Gasteiger partial charge >= 0.3 is 12.5 Å². The number of halogens is 8. The maximum Gasteiger partial charge on any atom is 0.504 e. The van der Waals surface area contributed by atoms with E-state index in [0.717, 1.165) is 6.07 Å². The lowest BCUT2D eigenvalue weighted by atomic mass is 9.97. The van der Waals surface area contributed by atoms with E-state index >= 15 is 0 Å². The van der Waals surface area contributed by atoms with Crippen LogP contribution in [0.15, 0.2) is 36.0 Å². The van der Waals surface area contributed by atoms with E-state index in [1.54, 1.807) is 0 Å². The van der Waals surface area contributed by atoms with Crippen molar-refractivity contribution in [3.8, 4) is 0 Å². The summed E-state index contributed by atoms with van der Waals surface area (Å²) in [5.74, 6) is -4.27. The lowest BCUT2D eigenvalue weighted by molar-refractivity contribution is -0.214. The first-order valence-corrected chi connectivity index (χ1v) is 10.2. The maximum absolute atomic E-state index is 13.6. The summed E-state index contributed by atoms with van der Waals surface area (Å²) < 4.78 is 111. The third kappa shape index (κ3) is 5.03. The van der Waals surface area contributed by atoms with Crippen molar-refractivity contribution < 1.29 is 44.7 Å². The van der Waals surface area contributed by atoms with Crippen LogP contribution in [0.25, 0.3) is 0 Å². The number of hydrogen-bond donors (Lipinski definition) is 2. The molecule has 1 aliphatic heterocycles. The van der Waals surface area contributed by atoms with Crippen LogP contribution in [-0.2, 0) is 23.1 Å². The van der Waals surface area contributed by atoms with Gasteiger partial charge in [0, 0.05) is 31.3 Å². The normalized spacial score (nSPS) is 20.8. The Kier molecular flexibility index (Phi) is 5.92. The first-order chi connectivity index (χ1) is 16.1. The number of carbonyl (C=O) groups is 1. The summed E-state index contributed by atoms with van der Waals surface area (Å²) in [7, 11) is 0. The van der Waals surface area contributed by atoms with Crippen LogP contribution in [0.5, 0.6) is 0 Å². The molecule has 0 saturated heterocycles. The van der Waals surface area contributed by atoms with Gasteiger partial charge in [0.25, 0.3) is 11.8 Å². The Morgan fingerprint density at radius 1 is 1.20 bits per heavy atom. The Morgan fingerprint density at radius 3 is 2.54 bits per heavy atom. The summed E-state index contributed by atoms with van der Waals surface area (Å²) in [6.45, 7) is 0.674. The Labute approximate surface area is 192 Å². The average Bonchev–Trinajstić information content (AvgIpc) is 3.38. The fourth-order valence-electron chi connectivity index (χ4n) is 3.82. The number of carbonyl (C=O) groups excluding carboxylic acids is 1. The van der Waals surface area contributed by atoms with Crippen molar-refractivity contribution in [1.82, 2.24) is 25.4 Å². The van der Waals surface area contributed by atoms with E-state index in [9.17, 15) is 39.9 Å². The van der Waals surface area contributed by atoms with Crippen LogP contribution < -0.4 is 10.6 Å². The molecule has 0 bridgehead atoms. The molecule has 1 amide bonds. The molecular weight excluding hydrogens is 494 g/mol. The maximum atomic E-state index is 13.6. The lowest BCUT2D eigenvalue weighted by Crippen LogP contribution is -2.41. The highest BCUT2D eigenvalue weighted by atomic mass is 19.4. The summed E-state index contributed by atoms with van der Waals surface area (Å²) in [5, 5.41) is 7.71. The summed E-state index contributed by atoms with van der Waals surface area (Å²) in [4.78, 5) is 16.2. The monoisotopic (exact) mass is 511 g/mol. The van der Waals surface area contributed by atoms with E-state index < -0.39 is 58.2 Å². The van der Waals surface area contributed by atoms with Crippen LogP contribution in [-0.4, -0.2) is 26.7 Å². The van der Waals surface area contributed by atoms with Crippen molar-refractivity contribution in [2.24, 2.45) is 0 Å². The van der Waals surface area contributed by atoms with Crippen LogP contribution in [0.3, 0.4) is 0 Å². The number of hydrogen-bond acceptors (Lipinski definition) is 5. The molecular formula is C20H17F8N5O2. The molecule has 0 aromatic carbocycles. The van der Waals surface area contributed by atoms with E-state index in [1.165, 1.54) is 12.3 Å². The van der Waals surface area contributed by atoms with E-state index in [2.05, 4.69) is 20.7 Å². The lowest BCUT2D eigenvalue weighted by Gasteiger charge is -2.24. The van der Waals surface area contributed by atoms with Crippen LogP contribution in [0.2, 0.25) is 0 Å². The number of alkyl halides is 8. The quantitative estimate of drug-likeness (QED) is 0.582. The Hall–Kier alpha value is -3.39. The second-order valence-electron chi connectivity index (χ2n) is 8.06. The number of nitrogens with zero attached hydrogens (tertiary/aromatic N) is 3. The first-order valence-electron chi connectivity index (χ1n) is 10.2. The summed E-state index contributed by atoms with van der Waals surface area (Å²) in [5.41, 5.74) is -3.18. The van der Waals surface area contributed by atoms with Crippen LogP contribution in [0.4, 0.5) is 35.1 Å². The van der Waals surface area contributed by atoms with Crippen molar-refractivity contribution in [1.29, 1.82) is 0 Å². The Bertz CT molecular complexity index is 1170. The van der Waals surface area contributed by atoms with Gasteiger partial charge in [-0.1, -0.05) is 0 Å². The zero-order valence-corrected chi connectivity index (χ0v) is 17.8. The van der Waals surface area contributed by atoms with Gasteiger partial charge in [0.2, 0.25) is 0 Å². The number of amides is 1. The highest BCUT2D eigenvalue weighted by Gasteiger charge is 2.44. The van der Waals surface area contributed by atoms with Crippen molar-refractivity contribution in [2.75, 3.05) is 0 Å². The van der Waals surface area contributed by atoms with Gasteiger partial charge in [-0.3, -0.25) is 9.78 Å². The molecule has 0 fully saturated rings. The summed E-state index contributed by atoms with van der Waals surface area (Å²) >= 11 is 0. The number of aromatic nitrogens is 3. The zero-order chi connectivity index (χ0) is 25.8. The van der Waals surface area contributed by atoms with Gasteiger partial charge < -0.3 is 15.4 Å². The Morgan fingerprint density at radius 2 is 1.91 bits per heavy atom. The van der Waals surface area contributed by atoms with E-state index in [4.69, 9.17) is 4.74 Å². The zero-order valence-electron chi connectivity index (χ0n) is 17.8. The molecule has 3 heterocycles. The molecule has 2 aliphatic rings. The predicted molar refractivity (Wildman–Crippen MR) is 101 cm³/mol. The highest BCUT2D eigenvalue weighted by Crippen LogP contribution is 2.38. The third-order valence-electron chi connectivity index (χ3n) is 5.42. The van der Waals surface area contributed by atoms with Gasteiger partial charge in [0.05, 0.1) is 17.3 Å². The van der Waals surface area contributed by atoms with Crippen LogP contribution in [0.1, 0.15) is 59.7 Å². The number of pyridine rings is 1. The van der Waals surface area contributed by atoms with Crippen LogP contribution in [0, 0.1) is 0 Å². The molecule has 7 nitrogen and oxygen atoms in total. The minimum atomic E-state index is -5.31. The standard InChI is InChI=1S/C20H17F8N5O2/c1-18(21,22)13-7-9(5-6-29-13)17-31-14-11(3-2-4-12(14)35-17)30-16(34)10-8-33(20(26,27)28)32-15(10)19(23,24)25/h5-8,11,17,31H,2-4H2,1H3,(H,30,34). The van der Waals surface area contributed by atoms with Gasteiger partial charge in [0.15, 0.2) is 11.9 Å². The Balaban J connectivity index is 1.56. The summed E-state index contributed by atoms with van der Waals surface area (Å²) in [6.07, 6.45) is -9.26. The fraction of sp³-hybridized carbons (Fsp3) is 0.450. The van der Waals surface area contributed by atoms with Gasteiger partial charge in [0.1, 0.15) is 11.5 Å². The largest absolute Gasteiger partial charge is 0.504 e. The molecule has 0 radical (unpaired) electrons. The molecule has 0 saturated carbocycles. The van der Waals surface area contributed by atoms with Crippen molar-refractivity contribution in [3.05, 3.63) is 58.5 Å². The molecule has 2 aromatic heterocycles. The average molecular weight is 511 g/mol. The minimum absolute atomic E-state index is 0.0267. The molecule has 15 heteroatoms. The fourth-order valence-corrected chi connectivity index (χ4v) is 3.82. The van der Waals surface area contributed by atoms with Gasteiger partial charge in [-0.2, -0.15) is 31.7 Å². The van der Waals surface area contributed by atoms with E-state index in [1.807, 2.05) is 0 Å². The minimum Gasteiger partial charge on any atom is -0.469 e. The molecule has 35 heavy (non-hydrogen) atoms.